The summed E-state index contributed by atoms with van der Waals surface area (Å²) < 4.78 is 42.4. The van der Waals surface area contributed by atoms with Gasteiger partial charge in [0.05, 0.1) is 11.1 Å². The fourth-order valence-electron chi connectivity index (χ4n) is 3.40. The first-order valence-electron chi connectivity index (χ1n) is 9.68. The van der Waals surface area contributed by atoms with Crippen LogP contribution in [0.4, 0.5) is 10.1 Å². The number of hydrogen-bond acceptors (Lipinski definition) is 5. The van der Waals surface area contributed by atoms with Gasteiger partial charge in [0, 0.05) is 39.9 Å². The summed E-state index contributed by atoms with van der Waals surface area (Å²) in [5.74, 6) is -1.13. The largest absolute Gasteiger partial charge is 0.325 e. The lowest BCUT2D eigenvalue weighted by Gasteiger charge is -2.35. The molecule has 2 aromatic heterocycles. The minimum absolute atomic E-state index is 0.135. The molecule has 32 heavy (non-hydrogen) atoms. The standard InChI is InChI=1S/C21H20ClFN4O3S2/c1-12-3-4-13(11-24-12)19-7-8-20(31-19)17-10-18(27(2)32(29,30)26-17)21(28)25-14-5-6-16(23)15(22)9-14/h3-9,11,17-18,26H,10H2,1-2H3,(H,25,28)/t17-,18+/m0/s1. The normalized spacial score (nSPS) is 20.8. The molecule has 1 aliphatic rings. The van der Waals surface area contributed by atoms with E-state index in [1.54, 1.807) is 6.20 Å². The molecule has 0 radical (unpaired) electrons. The first-order chi connectivity index (χ1) is 15.1. The Morgan fingerprint density at radius 1 is 1.28 bits per heavy atom. The highest BCUT2D eigenvalue weighted by molar-refractivity contribution is 7.87. The van der Waals surface area contributed by atoms with Gasteiger partial charge in [-0.15, -0.1) is 11.3 Å². The number of rotatable bonds is 4. The maximum atomic E-state index is 13.4. The van der Waals surface area contributed by atoms with E-state index in [-0.39, 0.29) is 17.1 Å². The van der Waals surface area contributed by atoms with Crippen molar-refractivity contribution in [2.45, 2.75) is 25.4 Å². The average molecular weight is 495 g/mol. The Bertz CT molecular complexity index is 1260. The van der Waals surface area contributed by atoms with Crippen molar-refractivity contribution >= 4 is 44.7 Å². The van der Waals surface area contributed by atoms with Crippen LogP contribution < -0.4 is 10.0 Å². The van der Waals surface area contributed by atoms with Gasteiger partial charge in [-0.2, -0.15) is 17.4 Å². The lowest BCUT2D eigenvalue weighted by atomic mass is 10.1. The Hall–Kier alpha value is -2.37. The Kier molecular flexibility index (Phi) is 6.33. The highest BCUT2D eigenvalue weighted by atomic mass is 35.5. The van der Waals surface area contributed by atoms with Crippen LogP contribution in [0.2, 0.25) is 5.02 Å². The molecule has 7 nitrogen and oxygen atoms in total. The molecule has 4 rings (SSSR count). The zero-order valence-electron chi connectivity index (χ0n) is 17.2. The van der Waals surface area contributed by atoms with Crippen LogP contribution in [0.25, 0.3) is 10.4 Å². The van der Waals surface area contributed by atoms with Crippen LogP contribution in [-0.4, -0.2) is 36.7 Å². The number of pyridine rings is 1. The second-order valence-electron chi connectivity index (χ2n) is 7.45. The number of amides is 1. The molecule has 3 aromatic rings. The zero-order valence-corrected chi connectivity index (χ0v) is 19.6. The molecule has 168 valence electrons. The Morgan fingerprint density at radius 2 is 2.06 bits per heavy atom. The number of hydrogen-bond donors (Lipinski definition) is 2. The number of thiophene rings is 1. The van der Waals surface area contributed by atoms with Gasteiger partial charge in [0.2, 0.25) is 5.91 Å². The molecule has 1 amide bonds. The maximum absolute atomic E-state index is 13.4. The third kappa shape index (κ3) is 4.69. The molecule has 1 aromatic carbocycles. The number of anilines is 1. The number of aromatic nitrogens is 1. The highest BCUT2D eigenvalue weighted by Crippen LogP contribution is 2.36. The van der Waals surface area contributed by atoms with Crippen LogP contribution >= 0.6 is 22.9 Å². The van der Waals surface area contributed by atoms with E-state index in [0.29, 0.717) is 0 Å². The number of carbonyl (C=O) groups is 1. The highest BCUT2D eigenvalue weighted by Gasteiger charge is 2.41. The topological polar surface area (TPSA) is 91.4 Å². The minimum Gasteiger partial charge on any atom is -0.325 e. The fraction of sp³-hybridized carbons (Fsp3) is 0.238. The third-order valence-corrected chi connectivity index (χ3v) is 8.36. The van der Waals surface area contributed by atoms with E-state index in [0.717, 1.165) is 31.4 Å². The number of benzene rings is 1. The Labute approximate surface area is 194 Å². The molecule has 1 fully saturated rings. The van der Waals surface area contributed by atoms with Crippen molar-refractivity contribution in [3.05, 3.63) is 70.1 Å². The monoisotopic (exact) mass is 494 g/mol. The Balaban J connectivity index is 1.56. The molecule has 0 unspecified atom stereocenters. The summed E-state index contributed by atoms with van der Waals surface area (Å²) in [7, 11) is -2.54. The maximum Gasteiger partial charge on any atom is 0.280 e. The molecular formula is C21H20ClFN4O3S2. The summed E-state index contributed by atoms with van der Waals surface area (Å²) in [6.45, 7) is 1.90. The summed E-state index contributed by atoms with van der Waals surface area (Å²) in [4.78, 5) is 19.0. The van der Waals surface area contributed by atoms with Gasteiger partial charge in [-0.3, -0.25) is 9.78 Å². The summed E-state index contributed by atoms with van der Waals surface area (Å²) in [6, 6.07) is 9.90. The van der Waals surface area contributed by atoms with Crippen LogP contribution in [-0.2, 0) is 15.0 Å². The van der Waals surface area contributed by atoms with Gasteiger partial charge in [-0.1, -0.05) is 17.7 Å². The first kappa shape index (κ1) is 22.8. The third-order valence-electron chi connectivity index (χ3n) is 5.22. The van der Waals surface area contributed by atoms with Gasteiger partial charge in [0.1, 0.15) is 11.9 Å². The van der Waals surface area contributed by atoms with Crippen molar-refractivity contribution < 1.29 is 17.6 Å². The zero-order chi connectivity index (χ0) is 23.0. The number of likely N-dealkylation sites (N-methyl/N-ethyl adjacent to an activating group) is 1. The summed E-state index contributed by atoms with van der Waals surface area (Å²) in [5.41, 5.74) is 2.13. The van der Waals surface area contributed by atoms with Crippen molar-refractivity contribution in [3.8, 4) is 10.4 Å². The summed E-state index contributed by atoms with van der Waals surface area (Å²) in [5, 5.41) is 2.49. The van der Waals surface area contributed by atoms with Crippen molar-refractivity contribution in [3.63, 3.8) is 0 Å². The van der Waals surface area contributed by atoms with Crippen molar-refractivity contribution in [1.29, 1.82) is 0 Å². The van der Waals surface area contributed by atoms with E-state index >= 15 is 0 Å². The van der Waals surface area contributed by atoms with Crippen molar-refractivity contribution in [2.75, 3.05) is 12.4 Å². The van der Waals surface area contributed by atoms with Crippen LogP contribution in [0.15, 0.2) is 48.7 Å². The van der Waals surface area contributed by atoms with E-state index in [9.17, 15) is 17.6 Å². The predicted molar refractivity (Wildman–Crippen MR) is 123 cm³/mol. The van der Waals surface area contributed by atoms with Gasteiger partial charge in [-0.05, 0) is 49.7 Å². The van der Waals surface area contributed by atoms with E-state index < -0.39 is 34.0 Å². The van der Waals surface area contributed by atoms with E-state index in [1.807, 2.05) is 31.2 Å². The number of carbonyl (C=O) groups excluding carboxylic acids is 1. The molecule has 0 aliphatic carbocycles. The van der Waals surface area contributed by atoms with Gasteiger partial charge < -0.3 is 5.32 Å². The first-order valence-corrected chi connectivity index (χ1v) is 12.3. The molecule has 0 saturated carbocycles. The van der Waals surface area contributed by atoms with Gasteiger partial charge in [-0.25, -0.2) is 4.39 Å². The Morgan fingerprint density at radius 3 is 2.75 bits per heavy atom. The van der Waals surface area contributed by atoms with Crippen LogP contribution in [0, 0.1) is 12.7 Å². The SMILES string of the molecule is Cc1ccc(-c2ccc([C@@H]3C[C@H](C(=O)Nc4ccc(F)c(Cl)c4)N(C)S(=O)(=O)N3)s2)cn1. The number of nitrogens with zero attached hydrogens (tertiary/aromatic N) is 2. The number of halogens is 2. The summed E-state index contributed by atoms with van der Waals surface area (Å²) >= 11 is 7.22. The van der Waals surface area contributed by atoms with Crippen LogP contribution in [0.5, 0.6) is 0 Å². The summed E-state index contributed by atoms with van der Waals surface area (Å²) in [6.07, 6.45) is 2.00. The molecule has 1 aliphatic heterocycles. The van der Waals surface area contributed by atoms with Crippen LogP contribution in [0.3, 0.4) is 0 Å². The molecule has 2 atom stereocenters. The lowest BCUT2D eigenvalue weighted by Crippen LogP contribution is -2.55. The predicted octanol–water partition coefficient (Wildman–Crippen LogP) is 4.13. The molecule has 0 spiro atoms. The van der Waals surface area contributed by atoms with Crippen LogP contribution in [0.1, 0.15) is 23.0 Å². The fourth-order valence-corrected chi connectivity index (χ4v) is 5.99. The van der Waals surface area contributed by atoms with Gasteiger partial charge in [0.25, 0.3) is 10.2 Å². The minimum atomic E-state index is -3.89. The second kappa shape index (κ2) is 8.87. The quantitative estimate of drug-likeness (QED) is 0.570. The van der Waals surface area contributed by atoms with Crippen molar-refractivity contribution in [1.82, 2.24) is 14.0 Å². The van der Waals surface area contributed by atoms with Gasteiger partial charge >= 0.3 is 0 Å². The average Bonchev–Trinajstić information content (AvgIpc) is 3.23. The van der Waals surface area contributed by atoms with Crippen molar-refractivity contribution in [2.24, 2.45) is 0 Å². The molecule has 2 N–H and O–H groups in total. The second-order valence-corrected chi connectivity index (χ2v) is 10.7. The molecule has 11 heteroatoms. The number of nitrogens with one attached hydrogen (secondary N) is 2. The van der Waals surface area contributed by atoms with E-state index in [2.05, 4.69) is 15.0 Å². The lowest BCUT2D eigenvalue weighted by molar-refractivity contribution is -0.120. The van der Waals surface area contributed by atoms with Gasteiger partial charge in [0.15, 0.2) is 0 Å². The molecule has 1 saturated heterocycles. The molecule has 0 bridgehead atoms. The van der Waals surface area contributed by atoms with E-state index in [1.165, 1.54) is 30.5 Å². The molecule has 3 heterocycles. The smallest absolute Gasteiger partial charge is 0.280 e. The molecular weight excluding hydrogens is 475 g/mol. The number of aryl methyl sites for hydroxylation is 1. The van der Waals surface area contributed by atoms with E-state index in [4.69, 9.17) is 11.6 Å².